The summed E-state index contributed by atoms with van der Waals surface area (Å²) in [6.45, 7) is 6.99. The van der Waals surface area contributed by atoms with E-state index in [0.29, 0.717) is 6.54 Å². The van der Waals surface area contributed by atoms with Gasteiger partial charge >= 0.3 is 0 Å². The maximum atomic E-state index is 12.3. The fourth-order valence-electron chi connectivity index (χ4n) is 2.53. The standard InChI is InChI=1S/C16H23N3O2/c1-16(2,3)15(21)19-10-4-5-12(11-19)14(20)18-13-6-8-17-9-7-13/h6-9,12H,4-5,10-11H2,1-3H3,(H,17,18,20)/t12-/m0/s1. The number of anilines is 1. The van der Waals surface area contributed by atoms with Crippen molar-refractivity contribution in [2.24, 2.45) is 11.3 Å². The lowest BCUT2D eigenvalue weighted by molar-refractivity contribution is -0.142. The summed E-state index contributed by atoms with van der Waals surface area (Å²) < 4.78 is 0. The number of hydrogen-bond acceptors (Lipinski definition) is 3. The highest BCUT2D eigenvalue weighted by Crippen LogP contribution is 2.24. The molecule has 0 radical (unpaired) electrons. The van der Waals surface area contributed by atoms with Crippen molar-refractivity contribution in [1.82, 2.24) is 9.88 Å². The number of hydrogen-bond donors (Lipinski definition) is 1. The minimum absolute atomic E-state index is 0.0207. The largest absolute Gasteiger partial charge is 0.341 e. The first-order valence-electron chi connectivity index (χ1n) is 7.38. The maximum Gasteiger partial charge on any atom is 0.229 e. The Bertz CT molecular complexity index is 508. The van der Waals surface area contributed by atoms with Crippen molar-refractivity contribution < 1.29 is 9.59 Å². The van der Waals surface area contributed by atoms with Gasteiger partial charge in [0.15, 0.2) is 0 Å². The molecule has 2 heterocycles. The first-order valence-corrected chi connectivity index (χ1v) is 7.38. The zero-order valence-corrected chi connectivity index (χ0v) is 12.9. The number of amides is 2. The van der Waals surface area contributed by atoms with Crippen molar-refractivity contribution in [3.63, 3.8) is 0 Å². The Labute approximate surface area is 125 Å². The van der Waals surface area contributed by atoms with Gasteiger partial charge < -0.3 is 10.2 Å². The number of pyridine rings is 1. The third-order valence-corrected chi connectivity index (χ3v) is 3.67. The Morgan fingerprint density at radius 1 is 1.29 bits per heavy atom. The average molecular weight is 289 g/mol. The van der Waals surface area contributed by atoms with E-state index in [-0.39, 0.29) is 17.7 Å². The van der Waals surface area contributed by atoms with E-state index in [1.807, 2.05) is 25.7 Å². The van der Waals surface area contributed by atoms with Crippen LogP contribution < -0.4 is 5.32 Å². The second-order valence-corrected chi connectivity index (χ2v) is 6.57. The van der Waals surface area contributed by atoms with Gasteiger partial charge in [-0.1, -0.05) is 20.8 Å². The number of rotatable bonds is 2. The highest BCUT2D eigenvalue weighted by Gasteiger charge is 2.33. The Hall–Kier alpha value is -1.91. The molecule has 5 heteroatoms. The zero-order valence-electron chi connectivity index (χ0n) is 12.9. The van der Waals surface area contributed by atoms with Gasteiger partial charge in [-0.25, -0.2) is 0 Å². The number of likely N-dealkylation sites (tertiary alicyclic amines) is 1. The van der Waals surface area contributed by atoms with E-state index in [1.165, 1.54) is 0 Å². The molecule has 1 fully saturated rings. The van der Waals surface area contributed by atoms with Gasteiger partial charge in [-0.3, -0.25) is 14.6 Å². The van der Waals surface area contributed by atoms with Crippen LogP contribution >= 0.6 is 0 Å². The summed E-state index contributed by atoms with van der Waals surface area (Å²) in [5.74, 6) is -0.0465. The van der Waals surface area contributed by atoms with Gasteiger partial charge in [0, 0.05) is 36.6 Å². The Morgan fingerprint density at radius 2 is 1.95 bits per heavy atom. The third kappa shape index (κ3) is 4.03. The molecule has 0 saturated carbocycles. The summed E-state index contributed by atoms with van der Waals surface area (Å²) in [6.07, 6.45) is 4.99. The van der Waals surface area contributed by atoms with Crippen LogP contribution in [0.1, 0.15) is 33.6 Å². The van der Waals surface area contributed by atoms with Gasteiger partial charge in [0.05, 0.1) is 5.92 Å². The van der Waals surface area contributed by atoms with Gasteiger partial charge in [0.1, 0.15) is 0 Å². The molecule has 21 heavy (non-hydrogen) atoms. The zero-order chi connectivity index (χ0) is 15.5. The van der Waals surface area contributed by atoms with Crippen LogP contribution in [-0.4, -0.2) is 34.8 Å². The molecule has 0 bridgehead atoms. The summed E-state index contributed by atoms with van der Waals surface area (Å²) in [4.78, 5) is 30.4. The van der Waals surface area contributed by atoms with Gasteiger partial charge in [-0.15, -0.1) is 0 Å². The van der Waals surface area contributed by atoms with Crippen LogP contribution in [0.3, 0.4) is 0 Å². The fourth-order valence-corrected chi connectivity index (χ4v) is 2.53. The van der Waals surface area contributed by atoms with Gasteiger partial charge in [0.2, 0.25) is 11.8 Å². The van der Waals surface area contributed by atoms with Crippen molar-refractivity contribution in [3.8, 4) is 0 Å². The van der Waals surface area contributed by atoms with E-state index in [9.17, 15) is 9.59 Å². The van der Waals surface area contributed by atoms with Crippen LogP contribution in [0.25, 0.3) is 0 Å². The molecular weight excluding hydrogens is 266 g/mol. The highest BCUT2D eigenvalue weighted by molar-refractivity contribution is 5.93. The second kappa shape index (κ2) is 6.24. The fraction of sp³-hybridized carbons (Fsp3) is 0.562. The highest BCUT2D eigenvalue weighted by atomic mass is 16.2. The molecule has 0 spiro atoms. The molecule has 1 aliphatic heterocycles. The average Bonchev–Trinajstić information content (AvgIpc) is 2.46. The molecule has 0 unspecified atom stereocenters. The Kier molecular flexibility index (Phi) is 4.60. The van der Waals surface area contributed by atoms with Crippen molar-refractivity contribution >= 4 is 17.5 Å². The SMILES string of the molecule is CC(C)(C)C(=O)N1CCC[C@H](C(=O)Nc2ccncc2)C1. The molecule has 1 N–H and O–H groups in total. The minimum Gasteiger partial charge on any atom is -0.341 e. The van der Waals surface area contributed by atoms with Crippen LogP contribution in [0.2, 0.25) is 0 Å². The lowest BCUT2D eigenvalue weighted by Gasteiger charge is -2.35. The van der Waals surface area contributed by atoms with Gasteiger partial charge in [-0.2, -0.15) is 0 Å². The number of nitrogens with zero attached hydrogens (tertiary/aromatic N) is 2. The summed E-state index contributed by atoms with van der Waals surface area (Å²) in [6, 6.07) is 3.53. The van der Waals surface area contributed by atoms with Crippen LogP contribution in [0.4, 0.5) is 5.69 Å². The van der Waals surface area contributed by atoms with Crippen LogP contribution in [0.15, 0.2) is 24.5 Å². The molecule has 1 saturated heterocycles. The van der Waals surface area contributed by atoms with Crippen LogP contribution in [0, 0.1) is 11.3 Å². The van der Waals surface area contributed by atoms with Crippen LogP contribution in [-0.2, 0) is 9.59 Å². The number of aromatic nitrogens is 1. The topological polar surface area (TPSA) is 62.3 Å². The van der Waals surface area contributed by atoms with Crippen molar-refractivity contribution in [2.75, 3.05) is 18.4 Å². The number of carbonyl (C=O) groups excluding carboxylic acids is 2. The predicted molar refractivity (Wildman–Crippen MR) is 81.6 cm³/mol. The van der Waals surface area contributed by atoms with Crippen molar-refractivity contribution in [2.45, 2.75) is 33.6 Å². The molecule has 5 nitrogen and oxygen atoms in total. The molecule has 1 aromatic rings. The third-order valence-electron chi connectivity index (χ3n) is 3.67. The minimum atomic E-state index is -0.399. The monoisotopic (exact) mass is 289 g/mol. The Balaban J connectivity index is 1.98. The van der Waals surface area contributed by atoms with Crippen molar-refractivity contribution in [1.29, 1.82) is 0 Å². The smallest absolute Gasteiger partial charge is 0.229 e. The molecular formula is C16H23N3O2. The molecule has 1 aliphatic rings. The summed E-state index contributed by atoms with van der Waals surface area (Å²) in [5, 5.41) is 2.89. The van der Waals surface area contributed by atoms with E-state index in [0.717, 1.165) is 25.1 Å². The van der Waals surface area contributed by atoms with E-state index < -0.39 is 5.41 Å². The van der Waals surface area contributed by atoms with E-state index >= 15 is 0 Å². The Morgan fingerprint density at radius 3 is 2.57 bits per heavy atom. The molecule has 1 aromatic heterocycles. The maximum absolute atomic E-state index is 12.3. The van der Waals surface area contributed by atoms with Gasteiger partial charge in [-0.05, 0) is 25.0 Å². The van der Waals surface area contributed by atoms with E-state index in [1.54, 1.807) is 24.5 Å². The lowest BCUT2D eigenvalue weighted by Crippen LogP contribution is -2.47. The molecule has 0 aliphatic carbocycles. The first-order chi connectivity index (χ1) is 9.88. The van der Waals surface area contributed by atoms with Crippen molar-refractivity contribution in [3.05, 3.63) is 24.5 Å². The summed E-state index contributed by atoms with van der Waals surface area (Å²) in [5.41, 5.74) is 0.345. The summed E-state index contributed by atoms with van der Waals surface area (Å²) in [7, 11) is 0. The molecule has 2 amide bonds. The van der Waals surface area contributed by atoms with Crippen LogP contribution in [0.5, 0.6) is 0 Å². The predicted octanol–water partition coefficient (Wildman–Crippen LogP) is 2.30. The summed E-state index contributed by atoms with van der Waals surface area (Å²) >= 11 is 0. The number of piperidine rings is 1. The van der Waals surface area contributed by atoms with Gasteiger partial charge in [0.25, 0.3) is 0 Å². The first kappa shape index (κ1) is 15.5. The number of nitrogens with one attached hydrogen (secondary N) is 1. The molecule has 2 rings (SSSR count). The molecule has 1 atom stereocenters. The molecule has 0 aromatic carbocycles. The van der Waals surface area contributed by atoms with E-state index in [2.05, 4.69) is 10.3 Å². The van der Waals surface area contributed by atoms with E-state index in [4.69, 9.17) is 0 Å². The normalized spacial score (nSPS) is 19.2. The number of carbonyl (C=O) groups is 2. The second-order valence-electron chi connectivity index (χ2n) is 6.57. The quantitative estimate of drug-likeness (QED) is 0.908. The lowest BCUT2D eigenvalue weighted by atomic mass is 9.91. The molecule has 114 valence electrons.